The molecule has 1 aromatic rings. The van der Waals surface area contributed by atoms with E-state index in [2.05, 4.69) is 0 Å². The summed E-state index contributed by atoms with van der Waals surface area (Å²) in [5, 5.41) is 0. The number of aryl methyl sites for hydroxylation is 1. The molecule has 3 heteroatoms. The van der Waals surface area contributed by atoms with Gasteiger partial charge in [0.05, 0.1) is 5.56 Å². The normalized spacial score (nSPS) is 15.1. The SMILES string of the molecule is Cc1cc(C(=O)C2=CCCC2)c(F)cc1F. The molecule has 0 atom stereocenters. The van der Waals surface area contributed by atoms with E-state index in [0.29, 0.717) is 17.6 Å². The molecule has 2 rings (SSSR count). The molecule has 0 unspecified atom stereocenters. The lowest BCUT2D eigenvalue weighted by Crippen LogP contribution is -2.06. The van der Waals surface area contributed by atoms with Crippen LogP contribution >= 0.6 is 0 Å². The summed E-state index contributed by atoms with van der Waals surface area (Å²) < 4.78 is 26.5. The molecule has 0 N–H and O–H groups in total. The average molecular weight is 222 g/mol. The highest BCUT2D eigenvalue weighted by molar-refractivity contribution is 6.09. The number of allylic oxidation sites excluding steroid dienone is 2. The van der Waals surface area contributed by atoms with E-state index in [1.54, 1.807) is 0 Å². The van der Waals surface area contributed by atoms with Crippen molar-refractivity contribution in [2.75, 3.05) is 0 Å². The minimum Gasteiger partial charge on any atom is -0.289 e. The van der Waals surface area contributed by atoms with Crippen LogP contribution in [0.1, 0.15) is 35.2 Å². The summed E-state index contributed by atoms with van der Waals surface area (Å²) in [5.41, 5.74) is 0.917. The van der Waals surface area contributed by atoms with Gasteiger partial charge in [-0.1, -0.05) is 6.08 Å². The maximum atomic E-state index is 13.4. The van der Waals surface area contributed by atoms with Crippen molar-refractivity contribution in [3.63, 3.8) is 0 Å². The van der Waals surface area contributed by atoms with E-state index >= 15 is 0 Å². The van der Waals surface area contributed by atoms with Gasteiger partial charge in [-0.05, 0) is 43.4 Å². The maximum Gasteiger partial charge on any atom is 0.191 e. The molecule has 0 aromatic heterocycles. The van der Waals surface area contributed by atoms with E-state index < -0.39 is 11.6 Å². The second kappa shape index (κ2) is 4.16. The number of carbonyl (C=O) groups is 1. The summed E-state index contributed by atoms with van der Waals surface area (Å²) in [6, 6.07) is 2.06. The second-order valence-electron chi connectivity index (χ2n) is 4.03. The van der Waals surface area contributed by atoms with Crippen LogP contribution < -0.4 is 0 Å². The first-order chi connectivity index (χ1) is 7.59. The van der Waals surface area contributed by atoms with E-state index in [1.165, 1.54) is 13.0 Å². The van der Waals surface area contributed by atoms with Crippen LogP contribution in [0.5, 0.6) is 0 Å². The highest BCUT2D eigenvalue weighted by Gasteiger charge is 2.19. The molecule has 1 aromatic carbocycles. The molecule has 0 fully saturated rings. The van der Waals surface area contributed by atoms with Crippen molar-refractivity contribution in [1.82, 2.24) is 0 Å². The average Bonchev–Trinajstić information content (AvgIpc) is 2.75. The molecule has 0 saturated heterocycles. The van der Waals surface area contributed by atoms with Crippen molar-refractivity contribution in [1.29, 1.82) is 0 Å². The minimum absolute atomic E-state index is 0.0212. The van der Waals surface area contributed by atoms with Crippen LogP contribution in [-0.4, -0.2) is 5.78 Å². The number of rotatable bonds is 2. The van der Waals surface area contributed by atoms with Crippen LogP contribution in [0.3, 0.4) is 0 Å². The van der Waals surface area contributed by atoms with Crippen LogP contribution in [0.25, 0.3) is 0 Å². The number of carbonyl (C=O) groups excluding carboxylic acids is 1. The van der Waals surface area contributed by atoms with E-state index in [1.807, 2.05) is 6.08 Å². The number of ketones is 1. The molecule has 0 amide bonds. The van der Waals surface area contributed by atoms with Crippen molar-refractivity contribution in [2.45, 2.75) is 26.2 Å². The number of halogens is 2. The largest absolute Gasteiger partial charge is 0.289 e. The first kappa shape index (κ1) is 11.0. The molecule has 0 aliphatic heterocycles. The van der Waals surface area contributed by atoms with Crippen molar-refractivity contribution in [3.05, 3.63) is 46.5 Å². The summed E-state index contributed by atoms with van der Waals surface area (Å²) >= 11 is 0. The number of hydrogen-bond acceptors (Lipinski definition) is 1. The zero-order chi connectivity index (χ0) is 11.7. The van der Waals surface area contributed by atoms with Gasteiger partial charge in [-0.3, -0.25) is 4.79 Å². The number of benzene rings is 1. The third-order valence-corrected chi connectivity index (χ3v) is 2.83. The van der Waals surface area contributed by atoms with E-state index in [-0.39, 0.29) is 11.3 Å². The van der Waals surface area contributed by atoms with Gasteiger partial charge in [-0.2, -0.15) is 0 Å². The lowest BCUT2D eigenvalue weighted by atomic mass is 10.0. The molecule has 0 radical (unpaired) electrons. The van der Waals surface area contributed by atoms with Crippen LogP contribution in [0.15, 0.2) is 23.8 Å². The molecule has 0 heterocycles. The standard InChI is InChI=1S/C13H12F2O/c1-8-6-10(12(15)7-11(8)14)13(16)9-4-2-3-5-9/h4,6-7H,2-3,5H2,1H3. The Balaban J connectivity index is 2.40. The van der Waals surface area contributed by atoms with Crippen molar-refractivity contribution in [3.8, 4) is 0 Å². The monoisotopic (exact) mass is 222 g/mol. The summed E-state index contributed by atoms with van der Waals surface area (Å²) in [6.45, 7) is 1.52. The van der Waals surface area contributed by atoms with Crippen LogP contribution in [-0.2, 0) is 0 Å². The molecule has 84 valence electrons. The third-order valence-electron chi connectivity index (χ3n) is 2.83. The first-order valence-electron chi connectivity index (χ1n) is 5.29. The molecule has 1 aliphatic carbocycles. The van der Waals surface area contributed by atoms with Crippen LogP contribution in [0, 0.1) is 18.6 Å². The van der Waals surface area contributed by atoms with Crippen molar-refractivity contribution >= 4 is 5.78 Å². The molecule has 16 heavy (non-hydrogen) atoms. The summed E-state index contributed by atoms with van der Waals surface area (Å²) in [6.07, 6.45) is 4.32. The van der Waals surface area contributed by atoms with Gasteiger partial charge in [0.2, 0.25) is 0 Å². The molecular weight excluding hydrogens is 210 g/mol. The highest BCUT2D eigenvalue weighted by Crippen LogP contribution is 2.24. The fraction of sp³-hybridized carbons (Fsp3) is 0.308. The van der Waals surface area contributed by atoms with Crippen LogP contribution in [0.2, 0.25) is 0 Å². The Morgan fingerprint density at radius 2 is 2.00 bits per heavy atom. The van der Waals surface area contributed by atoms with Gasteiger partial charge in [-0.15, -0.1) is 0 Å². The van der Waals surface area contributed by atoms with E-state index in [9.17, 15) is 13.6 Å². The van der Waals surface area contributed by atoms with Gasteiger partial charge < -0.3 is 0 Å². The van der Waals surface area contributed by atoms with E-state index in [4.69, 9.17) is 0 Å². The Bertz CT molecular complexity index is 475. The molecular formula is C13H12F2O. The second-order valence-corrected chi connectivity index (χ2v) is 4.03. The Morgan fingerprint density at radius 1 is 1.25 bits per heavy atom. The Labute approximate surface area is 92.8 Å². The minimum atomic E-state index is -0.777. The topological polar surface area (TPSA) is 17.1 Å². The van der Waals surface area contributed by atoms with Crippen molar-refractivity contribution in [2.24, 2.45) is 0 Å². The Morgan fingerprint density at radius 3 is 2.62 bits per heavy atom. The molecule has 1 aliphatic rings. The number of Topliss-reactive ketones (excluding diaryl/α,β-unsaturated/α-hetero) is 1. The van der Waals surface area contributed by atoms with Gasteiger partial charge in [0.1, 0.15) is 11.6 Å². The predicted molar refractivity (Wildman–Crippen MR) is 57.4 cm³/mol. The fourth-order valence-corrected chi connectivity index (χ4v) is 1.88. The third kappa shape index (κ3) is 1.90. The first-order valence-corrected chi connectivity index (χ1v) is 5.29. The van der Waals surface area contributed by atoms with Gasteiger partial charge in [0.15, 0.2) is 5.78 Å². The lowest BCUT2D eigenvalue weighted by molar-refractivity contribution is 0.102. The molecule has 1 nitrogen and oxygen atoms in total. The summed E-state index contributed by atoms with van der Waals surface area (Å²) in [7, 11) is 0. The van der Waals surface area contributed by atoms with Crippen LogP contribution in [0.4, 0.5) is 8.78 Å². The fourth-order valence-electron chi connectivity index (χ4n) is 1.88. The molecule has 0 saturated carbocycles. The molecule has 0 bridgehead atoms. The maximum absolute atomic E-state index is 13.4. The summed E-state index contributed by atoms with van der Waals surface area (Å²) in [5.74, 6) is -1.70. The lowest BCUT2D eigenvalue weighted by Gasteiger charge is -2.05. The zero-order valence-corrected chi connectivity index (χ0v) is 9.02. The van der Waals surface area contributed by atoms with Gasteiger partial charge in [0.25, 0.3) is 0 Å². The predicted octanol–water partition coefficient (Wildman–Crippen LogP) is 3.57. The number of hydrogen-bond donors (Lipinski definition) is 0. The van der Waals surface area contributed by atoms with Gasteiger partial charge >= 0.3 is 0 Å². The van der Waals surface area contributed by atoms with Crippen molar-refractivity contribution < 1.29 is 13.6 Å². The Hall–Kier alpha value is -1.51. The van der Waals surface area contributed by atoms with Gasteiger partial charge in [0, 0.05) is 6.07 Å². The zero-order valence-electron chi connectivity index (χ0n) is 9.02. The van der Waals surface area contributed by atoms with Gasteiger partial charge in [-0.25, -0.2) is 8.78 Å². The smallest absolute Gasteiger partial charge is 0.191 e. The summed E-state index contributed by atoms with van der Waals surface area (Å²) in [4.78, 5) is 11.9. The quantitative estimate of drug-likeness (QED) is 0.699. The highest BCUT2D eigenvalue weighted by atomic mass is 19.1. The molecule has 0 spiro atoms. The van der Waals surface area contributed by atoms with E-state index in [0.717, 1.165) is 18.9 Å². The Kier molecular flexibility index (Phi) is 2.86.